The number of benzene rings is 1. The summed E-state index contributed by atoms with van der Waals surface area (Å²) in [6.07, 6.45) is 3.51. The monoisotopic (exact) mass is 270 g/mol. The number of nitrogens with one attached hydrogen (secondary N) is 2. The number of hydrogen-bond donors (Lipinski definition) is 2. The van der Waals surface area contributed by atoms with E-state index in [0.717, 1.165) is 22.5 Å². The molecule has 0 radical (unpaired) electrons. The molecule has 2 rings (SSSR count). The number of aromatic nitrogens is 1. The minimum Gasteiger partial charge on any atom is -0.350 e. The van der Waals surface area contributed by atoms with Crippen LogP contribution < -0.4 is 10.7 Å². The smallest absolute Gasteiger partial charge is 0.339 e. The normalized spacial score (nSPS) is 10.8. The fourth-order valence-electron chi connectivity index (χ4n) is 1.87. The van der Waals surface area contributed by atoms with Crippen LogP contribution in [0.2, 0.25) is 0 Å². The van der Waals surface area contributed by atoms with E-state index in [9.17, 15) is 4.79 Å². The standard InChI is InChI=1S/C15H18N4O/c1-11-6-7-14(12(2)9-11)17-15(20)18-16-10-13-5-4-8-19(13)3/h4-10H,1-3H3,(H2,17,18,20). The summed E-state index contributed by atoms with van der Waals surface area (Å²) >= 11 is 0. The van der Waals surface area contributed by atoms with E-state index < -0.39 is 0 Å². The van der Waals surface area contributed by atoms with Crippen molar-refractivity contribution in [1.29, 1.82) is 0 Å². The number of carbonyl (C=O) groups excluding carboxylic acids is 1. The summed E-state index contributed by atoms with van der Waals surface area (Å²) in [5.41, 5.74) is 6.32. The van der Waals surface area contributed by atoms with E-state index in [2.05, 4.69) is 15.8 Å². The van der Waals surface area contributed by atoms with Crippen LogP contribution in [0, 0.1) is 13.8 Å². The Morgan fingerprint density at radius 2 is 2.10 bits per heavy atom. The SMILES string of the molecule is Cc1ccc(NC(=O)NN=Cc2cccn2C)c(C)c1. The molecule has 0 fully saturated rings. The van der Waals surface area contributed by atoms with Gasteiger partial charge in [0.05, 0.1) is 11.9 Å². The zero-order valence-corrected chi connectivity index (χ0v) is 11.8. The van der Waals surface area contributed by atoms with Gasteiger partial charge in [-0.15, -0.1) is 0 Å². The highest BCUT2D eigenvalue weighted by molar-refractivity contribution is 5.90. The maximum Gasteiger partial charge on any atom is 0.339 e. The van der Waals surface area contributed by atoms with Crippen LogP contribution in [0.5, 0.6) is 0 Å². The van der Waals surface area contributed by atoms with Crippen LogP contribution in [0.1, 0.15) is 16.8 Å². The van der Waals surface area contributed by atoms with Crippen LogP contribution in [0.15, 0.2) is 41.6 Å². The number of urea groups is 1. The molecular formula is C15H18N4O. The predicted molar refractivity (Wildman–Crippen MR) is 81.1 cm³/mol. The van der Waals surface area contributed by atoms with Crippen molar-refractivity contribution in [2.45, 2.75) is 13.8 Å². The second-order valence-corrected chi connectivity index (χ2v) is 4.69. The number of amides is 2. The number of hydrazone groups is 1. The lowest BCUT2D eigenvalue weighted by Gasteiger charge is -2.08. The molecule has 2 aromatic rings. The van der Waals surface area contributed by atoms with Gasteiger partial charge in [0.2, 0.25) is 0 Å². The summed E-state index contributed by atoms with van der Waals surface area (Å²) in [4.78, 5) is 11.7. The first-order valence-corrected chi connectivity index (χ1v) is 6.35. The van der Waals surface area contributed by atoms with Crippen LogP contribution >= 0.6 is 0 Å². The quantitative estimate of drug-likeness (QED) is 0.654. The van der Waals surface area contributed by atoms with Crippen molar-refractivity contribution in [2.75, 3.05) is 5.32 Å². The molecule has 0 aliphatic rings. The first-order chi connectivity index (χ1) is 9.56. The minimum absolute atomic E-state index is 0.359. The zero-order valence-electron chi connectivity index (χ0n) is 11.8. The Bertz CT molecular complexity index is 643. The average molecular weight is 270 g/mol. The summed E-state index contributed by atoms with van der Waals surface area (Å²) in [7, 11) is 1.91. The Morgan fingerprint density at radius 3 is 2.75 bits per heavy atom. The molecule has 0 unspecified atom stereocenters. The topological polar surface area (TPSA) is 58.4 Å². The van der Waals surface area contributed by atoms with Gasteiger partial charge in [-0.25, -0.2) is 10.2 Å². The van der Waals surface area contributed by atoms with Gasteiger partial charge in [-0.05, 0) is 37.6 Å². The molecule has 0 saturated carbocycles. The molecule has 0 aliphatic carbocycles. The van der Waals surface area contributed by atoms with Crippen molar-refractivity contribution >= 4 is 17.9 Å². The lowest BCUT2D eigenvalue weighted by Crippen LogP contribution is -2.24. The highest BCUT2D eigenvalue weighted by Crippen LogP contribution is 2.15. The molecule has 1 aromatic carbocycles. The lowest BCUT2D eigenvalue weighted by molar-refractivity contribution is 0.252. The van der Waals surface area contributed by atoms with Gasteiger partial charge in [-0.3, -0.25) is 0 Å². The van der Waals surface area contributed by atoms with Crippen molar-refractivity contribution < 1.29 is 4.79 Å². The van der Waals surface area contributed by atoms with E-state index >= 15 is 0 Å². The lowest BCUT2D eigenvalue weighted by atomic mass is 10.1. The van der Waals surface area contributed by atoms with Crippen LogP contribution in [0.3, 0.4) is 0 Å². The average Bonchev–Trinajstić information content (AvgIpc) is 2.79. The van der Waals surface area contributed by atoms with E-state index in [-0.39, 0.29) is 6.03 Å². The molecule has 5 nitrogen and oxygen atoms in total. The van der Waals surface area contributed by atoms with Gasteiger partial charge < -0.3 is 9.88 Å². The number of nitrogens with zero attached hydrogens (tertiary/aromatic N) is 2. The maximum absolute atomic E-state index is 11.7. The molecule has 0 bridgehead atoms. The molecule has 0 aliphatic heterocycles. The summed E-state index contributed by atoms with van der Waals surface area (Å²) in [5, 5.41) is 6.67. The third-order valence-electron chi connectivity index (χ3n) is 2.98. The van der Waals surface area contributed by atoms with E-state index in [4.69, 9.17) is 0 Å². The van der Waals surface area contributed by atoms with E-state index in [0.29, 0.717) is 0 Å². The van der Waals surface area contributed by atoms with Crippen LogP contribution in [-0.2, 0) is 7.05 Å². The highest BCUT2D eigenvalue weighted by atomic mass is 16.2. The summed E-state index contributed by atoms with van der Waals surface area (Å²) in [6.45, 7) is 3.97. The maximum atomic E-state index is 11.7. The highest BCUT2D eigenvalue weighted by Gasteiger charge is 2.03. The number of anilines is 1. The van der Waals surface area contributed by atoms with E-state index in [1.54, 1.807) is 6.21 Å². The third kappa shape index (κ3) is 3.47. The molecule has 104 valence electrons. The van der Waals surface area contributed by atoms with Crippen LogP contribution in [0.25, 0.3) is 0 Å². The van der Waals surface area contributed by atoms with Crippen molar-refractivity contribution in [3.05, 3.63) is 53.3 Å². The fourth-order valence-corrected chi connectivity index (χ4v) is 1.87. The molecule has 2 N–H and O–H groups in total. The fraction of sp³-hybridized carbons (Fsp3) is 0.200. The first-order valence-electron chi connectivity index (χ1n) is 6.35. The number of carbonyl (C=O) groups is 1. The Balaban J connectivity index is 1.93. The Kier molecular flexibility index (Phi) is 4.20. The molecule has 1 aromatic heterocycles. The van der Waals surface area contributed by atoms with Gasteiger partial charge in [0, 0.05) is 18.9 Å². The summed E-state index contributed by atoms with van der Waals surface area (Å²) in [6, 6.07) is 9.32. The van der Waals surface area contributed by atoms with Crippen LogP contribution in [0.4, 0.5) is 10.5 Å². The Labute approximate surface area is 118 Å². The molecule has 0 saturated heterocycles. The second kappa shape index (κ2) is 6.06. The Morgan fingerprint density at radius 1 is 1.30 bits per heavy atom. The molecule has 1 heterocycles. The number of aryl methyl sites for hydroxylation is 3. The van der Waals surface area contributed by atoms with Crippen molar-refractivity contribution in [3.8, 4) is 0 Å². The van der Waals surface area contributed by atoms with Gasteiger partial charge in [0.1, 0.15) is 0 Å². The van der Waals surface area contributed by atoms with Gasteiger partial charge >= 0.3 is 6.03 Å². The molecule has 20 heavy (non-hydrogen) atoms. The van der Waals surface area contributed by atoms with Gasteiger partial charge in [0.15, 0.2) is 0 Å². The number of hydrogen-bond acceptors (Lipinski definition) is 2. The third-order valence-corrected chi connectivity index (χ3v) is 2.98. The predicted octanol–water partition coefficient (Wildman–Crippen LogP) is 2.80. The minimum atomic E-state index is -0.359. The summed E-state index contributed by atoms with van der Waals surface area (Å²) in [5.74, 6) is 0. The molecule has 5 heteroatoms. The van der Waals surface area contributed by atoms with Crippen LogP contribution in [-0.4, -0.2) is 16.8 Å². The van der Waals surface area contributed by atoms with Gasteiger partial charge in [0.25, 0.3) is 0 Å². The zero-order chi connectivity index (χ0) is 14.5. The van der Waals surface area contributed by atoms with Crippen molar-refractivity contribution in [2.24, 2.45) is 12.1 Å². The summed E-state index contributed by atoms with van der Waals surface area (Å²) < 4.78 is 1.91. The van der Waals surface area contributed by atoms with Gasteiger partial charge in [-0.1, -0.05) is 17.7 Å². The van der Waals surface area contributed by atoms with Gasteiger partial charge in [-0.2, -0.15) is 5.10 Å². The largest absolute Gasteiger partial charge is 0.350 e. The molecule has 0 spiro atoms. The van der Waals surface area contributed by atoms with Crippen molar-refractivity contribution in [1.82, 2.24) is 9.99 Å². The molecule has 0 atom stereocenters. The number of rotatable bonds is 3. The second-order valence-electron chi connectivity index (χ2n) is 4.69. The molecular weight excluding hydrogens is 252 g/mol. The van der Waals surface area contributed by atoms with E-state index in [1.165, 1.54) is 0 Å². The Hall–Kier alpha value is -2.56. The van der Waals surface area contributed by atoms with Crippen molar-refractivity contribution in [3.63, 3.8) is 0 Å². The molecule has 2 amide bonds. The first kappa shape index (κ1) is 13.9. The van der Waals surface area contributed by atoms with E-state index in [1.807, 2.05) is 62.0 Å².